The molecule has 0 aliphatic carbocycles. The van der Waals surface area contributed by atoms with Crippen LogP contribution >= 0.6 is 11.8 Å². The van der Waals surface area contributed by atoms with E-state index in [0.29, 0.717) is 5.76 Å². The van der Waals surface area contributed by atoms with E-state index in [4.69, 9.17) is 15.3 Å². The number of benzene rings is 1. The van der Waals surface area contributed by atoms with Crippen LogP contribution in [0.5, 0.6) is 0 Å². The fourth-order valence-corrected chi connectivity index (χ4v) is 2.68. The summed E-state index contributed by atoms with van der Waals surface area (Å²) >= 11 is 1.55. The fraction of sp³-hybridized carbons (Fsp3) is 0.214. The minimum Gasteiger partial charge on any atom is -0.475 e. The van der Waals surface area contributed by atoms with Crippen LogP contribution in [0.2, 0.25) is 0 Å². The number of hydrogen-bond acceptors (Lipinski definition) is 4. The average molecular weight is 277 g/mol. The number of furan rings is 1. The summed E-state index contributed by atoms with van der Waals surface area (Å²) in [6.07, 6.45) is 0. The summed E-state index contributed by atoms with van der Waals surface area (Å²) in [5.41, 5.74) is 7.79. The Morgan fingerprint density at radius 2 is 2.11 bits per heavy atom. The normalized spacial score (nSPS) is 12.3. The Morgan fingerprint density at radius 1 is 1.37 bits per heavy atom. The van der Waals surface area contributed by atoms with Crippen LogP contribution in [0, 0.1) is 6.92 Å². The van der Waals surface area contributed by atoms with Gasteiger partial charge in [0.05, 0.1) is 5.25 Å². The highest BCUT2D eigenvalue weighted by atomic mass is 32.2. The third-order valence-electron chi connectivity index (χ3n) is 2.71. The molecule has 2 rings (SSSR count). The maximum atomic E-state index is 10.8. The molecule has 1 unspecified atom stereocenters. The largest absolute Gasteiger partial charge is 0.475 e. The summed E-state index contributed by atoms with van der Waals surface area (Å²) in [5.74, 6) is -0.472. The summed E-state index contributed by atoms with van der Waals surface area (Å²) in [6.45, 7) is 3.94. The van der Waals surface area contributed by atoms with Gasteiger partial charge in [0.2, 0.25) is 5.76 Å². The Labute approximate surface area is 115 Å². The molecule has 0 aliphatic rings. The van der Waals surface area contributed by atoms with Gasteiger partial charge in [-0.3, -0.25) is 0 Å². The maximum absolute atomic E-state index is 10.8. The molecule has 0 spiro atoms. The summed E-state index contributed by atoms with van der Waals surface area (Å²) in [6, 6.07) is 9.03. The first-order valence-electron chi connectivity index (χ1n) is 5.83. The van der Waals surface area contributed by atoms with Crippen molar-refractivity contribution in [3.05, 3.63) is 47.4 Å². The molecular formula is C14H15NO3S. The lowest BCUT2D eigenvalue weighted by Crippen LogP contribution is -1.93. The van der Waals surface area contributed by atoms with Crippen molar-refractivity contribution in [3.63, 3.8) is 0 Å². The molecule has 1 heterocycles. The van der Waals surface area contributed by atoms with Gasteiger partial charge in [-0.25, -0.2) is 4.79 Å². The number of nitrogen functional groups attached to an aromatic ring is 1. The lowest BCUT2D eigenvalue weighted by Gasteiger charge is -2.11. The average Bonchev–Trinajstić information content (AvgIpc) is 2.82. The summed E-state index contributed by atoms with van der Waals surface area (Å²) in [7, 11) is 0. The van der Waals surface area contributed by atoms with Gasteiger partial charge in [-0.2, -0.15) is 0 Å². The summed E-state index contributed by atoms with van der Waals surface area (Å²) in [4.78, 5) is 11.7. The van der Waals surface area contributed by atoms with Gasteiger partial charge in [-0.15, -0.1) is 11.8 Å². The molecule has 19 heavy (non-hydrogen) atoms. The lowest BCUT2D eigenvalue weighted by molar-refractivity contribution is 0.0660. The molecule has 0 fully saturated rings. The number of nitrogens with two attached hydrogens (primary N) is 1. The zero-order valence-corrected chi connectivity index (χ0v) is 11.5. The molecule has 0 amide bonds. The van der Waals surface area contributed by atoms with Crippen molar-refractivity contribution in [1.82, 2.24) is 0 Å². The highest BCUT2D eigenvalue weighted by Gasteiger charge is 2.16. The van der Waals surface area contributed by atoms with Crippen molar-refractivity contribution in [2.75, 3.05) is 5.73 Å². The number of carboxylic acid groups (broad SMARTS) is 1. The van der Waals surface area contributed by atoms with Gasteiger partial charge in [0.15, 0.2) is 0 Å². The van der Waals surface area contributed by atoms with Crippen LogP contribution in [0.1, 0.15) is 34.1 Å². The molecule has 1 aromatic carbocycles. The highest BCUT2D eigenvalue weighted by Crippen LogP contribution is 2.38. The smallest absolute Gasteiger partial charge is 0.371 e. The van der Waals surface area contributed by atoms with Crippen molar-refractivity contribution in [2.45, 2.75) is 24.0 Å². The number of carbonyl (C=O) groups is 1. The Morgan fingerprint density at radius 3 is 2.68 bits per heavy atom. The van der Waals surface area contributed by atoms with Crippen LogP contribution in [0.25, 0.3) is 0 Å². The monoisotopic (exact) mass is 277 g/mol. The quantitative estimate of drug-likeness (QED) is 0.658. The van der Waals surface area contributed by atoms with E-state index < -0.39 is 5.97 Å². The minimum absolute atomic E-state index is 0.00175. The zero-order valence-electron chi connectivity index (χ0n) is 10.7. The van der Waals surface area contributed by atoms with Crippen molar-refractivity contribution in [3.8, 4) is 0 Å². The van der Waals surface area contributed by atoms with Gasteiger partial charge in [-0.05, 0) is 43.7 Å². The molecule has 1 atom stereocenters. The van der Waals surface area contributed by atoms with E-state index in [-0.39, 0.29) is 11.0 Å². The van der Waals surface area contributed by atoms with Crippen LogP contribution in [-0.4, -0.2) is 11.1 Å². The van der Waals surface area contributed by atoms with Gasteiger partial charge in [0.1, 0.15) is 5.76 Å². The van der Waals surface area contributed by atoms with E-state index in [1.807, 2.05) is 32.0 Å². The Balaban J connectivity index is 2.15. The Hall–Kier alpha value is -1.88. The van der Waals surface area contributed by atoms with E-state index >= 15 is 0 Å². The summed E-state index contributed by atoms with van der Waals surface area (Å²) in [5, 5.41) is 8.82. The zero-order chi connectivity index (χ0) is 14.0. The Kier molecular flexibility index (Phi) is 3.85. The second-order valence-electron chi connectivity index (χ2n) is 4.31. The number of thioether (sulfide) groups is 1. The predicted octanol–water partition coefficient (Wildman–Crippen LogP) is 3.72. The molecule has 3 N–H and O–H groups in total. The molecule has 1 aromatic heterocycles. The van der Waals surface area contributed by atoms with E-state index in [1.165, 1.54) is 6.07 Å². The van der Waals surface area contributed by atoms with Gasteiger partial charge < -0.3 is 15.3 Å². The second-order valence-corrected chi connectivity index (χ2v) is 5.69. The van der Waals surface area contributed by atoms with Crippen molar-refractivity contribution in [2.24, 2.45) is 0 Å². The minimum atomic E-state index is -1.06. The van der Waals surface area contributed by atoms with E-state index in [2.05, 4.69) is 0 Å². The first-order chi connectivity index (χ1) is 8.97. The topological polar surface area (TPSA) is 76.5 Å². The van der Waals surface area contributed by atoms with Crippen molar-refractivity contribution >= 4 is 23.4 Å². The van der Waals surface area contributed by atoms with Crippen LogP contribution in [0.15, 0.2) is 39.6 Å². The molecule has 0 saturated carbocycles. The third-order valence-corrected chi connectivity index (χ3v) is 3.92. The second kappa shape index (κ2) is 5.40. The SMILES string of the molecule is Cc1ccc(SC(C)c2ccc(C(=O)O)o2)c(N)c1. The highest BCUT2D eigenvalue weighted by molar-refractivity contribution is 7.99. The summed E-state index contributed by atoms with van der Waals surface area (Å²) < 4.78 is 5.28. The number of aromatic carboxylic acids is 1. The Bertz CT molecular complexity index is 606. The predicted molar refractivity (Wildman–Crippen MR) is 75.5 cm³/mol. The van der Waals surface area contributed by atoms with E-state index in [0.717, 1.165) is 16.1 Å². The first-order valence-corrected chi connectivity index (χ1v) is 6.71. The van der Waals surface area contributed by atoms with Crippen LogP contribution in [-0.2, 0) is 0 Å². The molecule has 2 aromatic rings. The molecule has 5 heteroatoms. The molecule has 0 bridgehead atoms. The molecule has 0 aliphatic heterocycles. The molecule has 0 radical (unpaired) electrons. The van der Waals surface area contributed by atoms with Crippen LogP contribution in [0.4, 0.5) is 5.69 Å². The molecular weight excluding hydrogens is 262 g/mol. The molecule has 100 valence electrons. The number of rotatable bonds is 4. The van der Waals surface area contributed by atoms with E-state index in [9.17, 15) is 4.79 Å². The molecule has 4 nitrogen and oxygen atoms in total. The maximum Gasteiger partial charge on any atom is 0.371 e. The number of carboxylic acids is 1. The van der Waals surface area contributed by atoms with Crippen molar-refractivity contribution < 1.29 is 14.3 Å². The molecule has 0 saturated heterocycles. The van der Waals surface area contributed by atoms with Gasteiger partial charge in [-0.1, -0.05) is 6.07 Å². The fourth-order valence-electron chi connectivity index (χ4n) is 1.71. The van der Waals surface area contributed by atoms with Crippen molar-refractivity contribution in [1.29, 1.82) is 0 Å². The lowest BCUT2D eigenvalue weighted by atomic mass is 10.2. The first kappa shape index (κ1) is 13.5. The van der Waals surface area contributed by atoms with Gasteiger partial charge >= 0.3 is 5.97 Å². The number of aryl methyl sites for hydroxylation is 1. The van der Waals surface area contributed by atoms with Gasteiger partial charge in [0, 0.05) is 10.6 Å². The van der Waals surface area contributed by atoms with E-state index in [1.54, 1.807) is 17.8 Å². The standard InChI is InChI=1S/C14H15NO3S/c1-8-3-6-13(10(15)7-8)19-9(2)11-4-5-12(18-11)14(16)17/h3-7,9H,15H2,1-2H3,(H,16,17). The number of hydrogen-bond donors (Lipinski definition) is 2. The van der Waals surface area contributed by atoms with Crippen LogP contribution in [0.3, 0.4) is 0 Å². The third kappa shape index (κ3) is 3.12. The van der Waals surface area contributed by atoms with Gasteiger partial charge in [0.25, 0.3) is 0 Å². The van der Waals surface area contributed by atoms with Crippen LogP contribution < -0.4 is 5.73 Å². The number of anilines is 1.